The molecule has 1 atom stereocenters. The molecule has 1 unspecified atom stereocenters. The number of carbonyl (C=O) groups excluding carboxylic acids is 1. The van der Waals surface area contributed by atoms with Crippen LogP contribution in [0.25, 0.3) is 0 Å². The number of hydrogen-bond donors (Lipinski definition) is 1. The van der Waals surface area contributed by atoms with Crippen molar-refractivity contribution in [2.75, 3.05) is 24.0 Å². The van der Waals surface area contributed by atoms with E-state index >= 15 is 0 Å². The number of fused-ring (bicyclic) bond motifs is 1. The maximum absolute atomic E-state index is 13.3. The van der Waals surface area contributed by atoms with E-state index in [9.17, 15) is 13.2 Å². The Kier molecular flexibility index (Phi) is 6.55. The van der Waals surface area contributed by atoms with Gasteiger partial charge in [-0.05, 0) is 49.7 Å². The van der Waals surface area contributed by atoms with Crippen LogP contribution in [-0.4, -0.2) is 40.1 Å². The lowest BCUT2D eigenvalue weighted by molar-refractivity contribution is -0.127. The molecule has 0 aliphatic carbocycles. The third-order valence-corrected chi connectivity index (χ3v) is 7.14. The van der Waals surface area contributed by atoms with E-state index in [0.29, 0.717) is 11.4 Å². The van der Waals surface area contributed by atoms with E-state index in [4.69, 9.17) is 9.47 Å². The quantitative estimate of drug-likeness (QED) is 0.539. The standard InChI is InChI=1S/C25H26N2O5S/c1-18-12-13-22(19(2)16-18)31-15-14-26-25(28)24-17-27(21-10-6-7-11-23(21)32-24)33(29,30)20-8-4-3-5-9-20/h3-13,16,24H,14-15,17H2,1-2H3,(H,26,28). The highest BCUT2D eigenvalue weighted by atomic mass is 32.2. The van der Waals surface area contributed by atoms with Gasteiger partial charge in [-0.3, -0.25) is 9.10 Å². The second-order valence-electron chi connectivity index (χ2n) is 7.83. The number of nitrogens with one attached hydrogen (secondary N) is 1. The van der Waals surface area contributed by atoms with Crippen molar-refractivity contribution >= 4 is 21.6 Å². The maximum atomic E-state index is 13.3. The molecule has 1 N–H and O–H groups in total. The number of aryl methyl sites for hydroxylation is 2. The molecule has 0 aromatic heterocycles. The van der Waals surface area contributed by atoms with Gasteiger partial charge in [0.05, 0.1) is 23.7 Å². The number of rotatable bonds is 7. The van der Waals surface area contributed by atoms with Gasteiger partial charge in [0, 0.05) is 0 Å². The lowest BCUT2D eigenvalue weighted by Crippen LogP contribution is -2.51. The van der Waals surface area contributed by atoms with Crippen LogP contribution in [0.1, 0.15) is 11.1 Å². The molecule has 0 saturated heterocycles. The second-order valence-corrected chi connectivity index (χ2v) is 9.69. The summed E-state index contributed by atoms with van der Waals surface area (Å²) in [5.74, 6) is 0.703. The molecule has 0 spiro atoms. The van der Waals surface area contributed by atoms with Crippen molar-refractivity contribution < 1.29 is 22.7 Å². The highest BCUT2D eigenvalue weighted by molar-refractivity contribution is 7.92. The maximum Gasteiger partial charge on any atom is 0.264 e. The summed E-state index contributed by atoms with van der Waals surface area (Å²) in [4.78, 5) is 13.0. The Morgan fingerprint density at radius 1 is 1.06 bits per heavy atom. The number of carbonyl (C=O) groups is 1. The summed E-state index contributed by atoms with van der Waals surface area (Å²) in [7, 11) is -3.86. The monoisotopic (exact) mass is 466 g/mol. The average molecular weight is 467 g/mol. The van der Waals surface area contributed by atoms with Crippen LogP contribution in [0.5, 0.6) is 11.5 Å². The van der Waals surface area contributed by atoms with Gasteiger partial charge in [0.15, 0.2) is 6.10 Å². The molecule has 7 nitrogen and oxygen atoms in total. The molecule has 3 aromatic rings. The molecule has 0 saturated carbocycles. The summed E-state index contributed by atoms with van der Waals surface area (Å²) < 4.78 is 39.5. The van der Waals surface area contributed by atoms with Crippen LogP contribution in [0, 0.1) is 13.8 Å². The normalized spacial score (nSPS) is 15.3. The third-order valence-electron chi connectivity index (χ3n) is 5.35. The Morgan fingerprint density at radius 2 is 1.79 bits per heavy atom. The Hall–Kier alpha value is -3.52. The lowest BCUT2D eigenvalue weighted by atomic mass is 10.1. The van der Waals surface area contributed by atoms with Gasteiger partial charge in [-0.2, -0.15) is 0 Å². The van der Waals surface area contributed by atoms with Crippen LogP contribution in [0.15, 0.2) is 77.7 Å². The molecule has 4 rings (SSSR count). The van der Waals surface area contributed by atoms with Crippen LogP contribution in [0.2, 0.25) is 0 Å². The highest BCUT2D eigenvalue weighted by Crippen LogP contribution is 2.36. The first kappa shape index (κ1) is 22.7. The number of benzene rings is 3. The number of sulfonamides is 1. The number of nitrogens with zero attached hydrogens (tertiary/aromatic N) is 1. The molecular formula is C25H26N2O5S. The van der Waals surface area contributed by atoms with Crippen molar-refractivity contribution in [1.29, 1.82) is 0 Å². The number of anilines is 1. The fraction of sp³-hybridized carbons (Fsp3) is 0.240. The number of amides is 1. The smallest absolute Gasteiger partial charge is 0.264 e. The molecule has 1 aliphatic heterocycles. The molecule has 8 heteroatoms. The SMILES string of the molecule is Cc1ccc(OCCNC(=O)C2CN(S(=O)(=O)c3ccccc3)c3ccccc3O2)c(C)c1. The van der Waals surface area contributed by atoms with Crippen molar-refractivity contribution in [3.05, 3.63) is 83.9 Å². The first-order valence-corrected chi connectivity index (χ1v) is 12.1. The average Bonchev–Trinajstić information content (AvgIpc) is 2.82. The van der Waals surface area contributed by atoms with Gasteiger partial charge in [0.25, 0.3) is 15.9 Å². The summed E-state index contributed by atoms with van der Waals surface area (Å²) in [5, 5.41) is 2.79. The zero-order chi connectivity index (χ0) is 23.4. The molecule has 3 aromatic carbocycles. The highest BCUT2D eigenvalue weighted by Gasteiger charge is 2.37. The van der Waals surface area contributed by atoms with Gasteiger partial charge >= 0.3 is 0 Å². The minimum Gasteiger partial charge on any atom is -0.491 e. The van der Waals surface area contributed by atoms with Gasteiger partial charge in [-0.1, -0.05) is 48.0 Å². The predicted molar refractivity (Wildman–Crippen MR) is 126 cm³/mol. The van der Waals surface area contributed by atoms with Crippen molar-refractivity contribution in [3.8, 4) is 11.5 Å². The molecule has 1 aliphatic rings. The fourth-order valence-electron chi connectivity index (χ4n) is 3.70. The Morgan fingerprint density at radius 3 is 2.55 bits per heavy atom. The molecular weight excluding hydrogens is 440 g/mol. The van der Waals surface area contributed by atoms with Gasteiger partial charge in [-0.25, -0.2) is 8.42 Å². The van der Waals surface area contributed by atoms with Crippen LogP contribution >= 0.6 is 0 Å². The zero-order valence-corrected chi connectivity index (χ0v) is 19.3. The van der Waals surface area contributed by atoms with E-state index in [1.807, 2.05) is 32.0 Å². The minimum absolute atomic E-state index is 0.127. The Labute approximate surface area is 194 Å². The topological polar surface area (TPSA) is 84.9 Å². The van der Waals surface area contributed by atoms with E-state index < -0.39 is 22.0 Å². The molecule has 1 heterocycles. The largest absolute Gasteiger partial charge is 0.491 e. The van der Waals surface area contributed by atoms with Gasteiger partial charge in [0.1, 0.15) is 18.1 Å². The predicted octanol–water partition coefficient (Wildman–Crippen LogP) is 3.45. The fourth-order valence-corrected chi connectivity index (χ4v) is 5.19. The molecule has 0 radical (unpaired) electrons. The minimum atomic E-state index is -3.86. The Balaban J connectivity index is 1.44. The second kappa shape index (κ2) is 9.54. The molecule has 1 amide bonds. The van der Waals surface area contributed by atoms with Gasteiger partial charge < -0.3 is 14.8 Å². The lowest BCUT2D eigenvalue weighted by Gasteiger charge is -2.34. The summed E-state index contributed by atoms with van der Waals surface area (Å²) in [6.07, 6.45) is -0.987. The summed E-state index contributed by atoms with van der Waals surface area (Å²) in [6, 6.07) is 20.9. The summed E-state index contributed by atoms with van der Waals surface area (Å²) in [5.41, 5.74) is 2.58. The van der Waals surface area contributed by atoms with Crippen molar-refractivity contribution in [1.82, 2.24) is 5.32 Å². The number of hydrogen-bond acceptors (Lipinski definition) is 5. The van der Waals surface area contributed by atoms with E-state index in [1.54, 1.807) is 42.5 Å². The molecule has 172 valence electrons. The zero-order valence-electron chi connectivity index (χ0n) is 18.5. The van der Waals surface area contributed by atoms with E-state index in [1.165, 1.54) is 16.4 Å². The molecule has 0 bridgehead atoms. The third kappa shape index (κ3) is 4.96. The van der Waals surface area contributed by atoms with Crippen LogP contribution < -0.4 is 19.1 Å². The van der Waals surface area contributed by atoms with Crippen molar-refractivity contribution in [2.24, 2.45) is 0 Å². The first-order valence-electron chi connectivity index (χ1n) is 10.7. The first-order chi connectivity index (χ1) is 15.9. The van der Waals surface area contributed by atoms with E-state index in [2.05, 4.69) is 5.32 Å². The molecule has 0 fully saturated rings. The number of ether oxygens (including phenoxy) is 2. The summed E-state index contributed by atoms with van der Waals surface area (Å²) in [6.45, 7) is 4.40. The van der Waals surface area contributed by atoms with E-state index in [0.717, 1.165) is 16.9 Å². The Bertz CT molecular complexity index is 1240. The van der Waals surface area contributed by atoms with Gasteiger partial charge in [0.2, 0.25) is 0 Å². The summed E-state index contributed by atoms with van der Waals surface area (Å²) >= 11 is 0. The van der Waals surface area contributed by atoms with Crippen molar-refractivity contribution in [3.63, 3.8) is 0 Å². The molecule has 33 heavy (non-hydrogen) atoms. The van der Waals surface area contributed by atoms with Crippen LogP contribution in [0.4, 0.5) is 5.69 Å². The van der Waals surface area contributed by atoms with Crippen LogP contribution in [-0.2, 0) is 14.8 Å². The van der Waals surface area contributed by atoms with Crippen LogP contribution in [0.3, 0.4) is 0 Å². The number of para-hydroxylation sites is 2. The van der Waals surface area contributed by atoms with Crippen molar-refractivity contribution in [2.45, 2.75) is 24.8 Å². The van der Waals surface area contributed by atoms with Gasteiger partial charge in [-0.15, -0.1) is 0 Å². The van der Waals surface area contributed by atoms with E-state index in [-0.39, 0.29) is 24.6 Å².